The van der Waals surface area contributed by atoms with Crippen molar-refractivity contribution in [2.45, 2.75) is 6.92 Å². The van der Waals surface area contributed by atoms with Crippen LogP contribution < -0.4 is 5.32 Å². The van der Waals surface area contributed by atoms with E-state index in [1.807, 2.05) is 6.07 Å². The Labute approximate surface area is 151 Å². The zero-order valence-corrected chi connectivity index (χ0v) is 14.5. The number of hydrogen-bond donors (Lipinski definition) is 1. The van der Waals surface area contributed by atoms with E-state index < -0.39 is 0 Å². The summed E-state index contributed by atoms with van der Waals surface area (Å²) in [4.78, 5) is 42.4. The Hall–Kier alpha value is -3.22. The van der Waals surface area contributed by atoms with Gasteiger partial charge in [0.05, 0.1) is 17.4 Å². The van der Waals surface area contributed by atoms with Gasteiger partial charge in [-0.25, -0.2) is 0 Å². The van der Waals surface area contributed by atoms with Gasteiger partial charge in [-0.3, -0.25) is 19.4 Å². The van der Waals surface area contributed by atoms with E-state index in [0.29, 0.717) is 43.0 Å². The molecule has 1 aromatic carbocycles. The molecule has 0 bridgehead atoms. The molecule has 1 aliphatic rings. The van der Waals surface area contributed by atoms with Gasteiger partial charge in [0, 0.05) is 43.6 Å². The summed E-state index contributed by atoms with van der Waals surface area (Å²) < 4.78 is 0. The molecule has 0 radical (unpaired) electrons. The van der Waals surface area contributed by atoms with Crippen LogP contribution in [0.25, 0.3) is 0 Å². The number of ketones is 1. The second-order valence-corrected chi connectivity index (χ2v) is 6.16. The van der Waals surface area contributed by atoms with E-state index >= 15 is 0 Å². The van der Waals surface area contributed by atoms with Gasteiger partial charge < -0.3 is 15.1 Å². The number of benzene rings is 1. The van der Waals surface area contributed by atoms with Crippen molar-refractivity contribution in [3.8, 4) is 0 Å². The molecule has 2 amide bonds. The summed E-state index contributed by atoms with van der Waals surface area (Å²) in [6.45, 7) is 3.62. The van der Waals surface area contributed by atoms with Gasteiger partial charge >= 0.3 is 0 Å². The Morgan fingerprint density at radius 2 is 1.77 bits per heavy atom. The first-order chi connectivity index (χ1) is 12.6. The molecule has 1 aromatic heterocycles. The Bertz CT molecular complexity index is 829. The van der Waals surface area contributed by atoms with E-state index in [1.54, 1.807) is 40.3 Å². The zero-order chi connectivity index (χ0) is 18.5. The number of pyridine rings is 1. The van der Waals surface area contributed by atoms with Crippen LogP contribution in [0, 0.1) is 0 Å². The molecule has 0 saturated carbocycles. The third-order valence-corrected chi connectivity index (χ3v) is 4.29. The van der Waals surface area contributed by atoms with Crippen LogP contribution in [0.5, 0.6) is 0 Å². The maximum absolute atomic E-state index is 12.6. The van der Waals surface area contributed by atoms with Crippen molar-refractivity contribution in [1.82, 2.24) is 14.8 Å². The third-order valence-electron chi connectivity index (χ3n) is 4.29. The molecule has 3 rings (SSSR count). The summed E-state index contributed by atoms with van der Waals surface area (Å²) in [6, 6.07) is 8.90. The van der Waals surface area contributed by atoms with Crippen LogP contribution in [-0.4, -0.2) is 59.1 Å². The van der Waals surface area contributed by atoms with E-state index in [9.17, 15) is 14.4 Å². The van der Waals surface area contributed by atoms with Gasteiger partial charge in [0.25, 0.3) is 5.91 Å². The Morgan fingerprint density at radius 1 is 1.04 bits per heavy atom. The maximum Gasteiger partial charge on any atom is 0.255 e. The topological polar surface area (TPSA) is 82.6 Å². The first-order valence-corrected chi connectivity index (χ1v) is 8.38. The minimum absolute atomic E-state index is 0.00910. The van der Waals surface area contributed by atoms with Crippen molar-refractivity contribution >= 4 is 29.5 Å². The summed E-state index contributed by atoms with van der Waals surface area (Å²) in [6.07, 6.45) is 3.97. The largest absolute Gasteiger partial charge is 0.354 e. The highest BCUT2D eigenvalue weighted by Gasteiger charge is 2.21. The standard InChI is InChI=1S/C19H20N4O3/c1-14(25)15-3-2-4-17(9-15)21-18-10-16(11-20-12-18)19(26)23-7-5-22(13-24)6-8-23/h2-4,9-13,21H,5-8H2,1H3. The molecule has 26 heavy (non-hydrogen) atoms. The molecule has 0 unspecified atom stereocenters. The molecule has 0 atom stereocenters. The van der Waals surface area contributed by atoms with Crippen molar-refractivity contribution in [3.63, 3.8) is 0 Å². The lowest BCUT2D eigenvalue weighted by Crippen LogP contribution is -2.48. The number of rotatable bonds is 5. The van der Waals surface area contributed by atoms with Gasteiger partial charge in [0.1, 0.15) is 0 Å². The van der Waals surface area contributed by atoms with Crippen LogP contribution in [0.15, 0.2) is 42.7 Å². The number of carbonyl (C=O) groups is 3. The average molecular weight is 352 g/mol. The van der Waals surface area contributed by atoms with Crippen molar-refractivity contribution in [2.24, 2.45) is 0 Å². The third kappa shape index (κ3) is 4.05. The number of nitrogens with zero attached hydrogens (tertiary/aromatic N) is 3. The van der Waals surface area contributed by atoms with Crippen molar-refractivity contribution in [1.29, 1.82) is 0 Å². The molecular weight excluding hydrogens is 332 g/mol. The molecule has 134 valence electrons. The molecule has 0 aliphatic carbocycles. The minimum atomic E-state index is -0.107. The van der Waals surface area contributed by atoms with Gasteiger partial charge in [-0.1, -0.05) is 12.1 Å². The number of aromatic nitrogens is 1. The van der Waals surface area contributed by atoms with Gasteiger partial charge in [0.15, 0.2) is 5.78 Å². The minimum Gasteiger partial charge on any atom is -0.354 e. The molecule has 0 spiro atoms. The fourth-order valence-electron chi connectivity index (χ4n) is 2.82. The predicted molar refractivity (Wildman–Crippen MR) is 97.5 cm³/mol. The number of piperazine rings is 1. The van der Waals surface area contributed by atoms with E-state index in [0.717, 1.165) is 12.1 Å². The number of hydrogen-bond acceptors (Lipinski definition) is 5. The first kappa shape index (κ1) is 17.6. The molecule has 1 N–H and O–H groups in total. The molecule has 1 saturated heterocycles. The molecule has 7 heteroatoms. The van der Waals surface area contributed by atoms with Crippen LogP contribution >= 0.6 is 0 Å². The smallest absolute Gasteiger partial charge is 0.255 e. The Kier molecular flexibility index (Phi) is 5.26. The van der Waals surface area contributed by atoms with Crippen LogP contribution in [0.4, 0.5) is 11.4 Å². The average Bonchev–Trinajstić information content (AvgIpc) is 2.68. The normalized spacial score (nSPS) is 14.0. The van der Waals surface area contributed by atoms with Crippen LogP contribution in [0.3, 0.4) is 0 Å². The van der Waals surface area contributed by atoms with Crippen molar-refractivity contribution < 1.29 is 14.4 Å². The Morgan fingerprint density at radius 3 is 2.46 bits per heavy atom. The van der Waals surface area contributed by atoms with E-state index in [2.05, 4.69) is 10.3 Å². The van der Waals surface area contributed by atoms with E-state index in [4.69, 9.17) is 0 Å². The fourth-order valence-corrected chi connectivity index (χ4v) is 2.82. The number of anilines is 2. The molecule has 2 aromatic rings. The predicted octanol–water partition coefficient (Wildman–Crippen LogP) is 1.94. The molecule has 7 nitrogen and oxygen atoms in total. The van der Waals surface area contributed by atoms with Crippen LogP contribution in [0.2, 0.25) is 0 Å². The van der Waals surface area contributed by atoms with Gasteiger partial charge in [-0.05, 0) is 25.1 Å². The quantitative estimate of drug-likeness (QED) is 0.657. The zero-order valence-electron chi connectivity index (χ0n) is 14.5. The lowest BCUT2D eigenvalue weighted by Gasteiger charge is -2.32. The monoisotopic (exact) mass is 352 g/mol. The summed E-state index contributed by atoms with van der Waals surface area (Å²) in [5.74, 6) is -0.116. The van der Waals surface area contributed by atoms with Gasteiger partial charge in [0.2, 0.25) is 6.41 Å². The SMILES string of the molecule is CC(=O)c1cccc(Nc2cncc(C(=O)N3CCN(C=O)CC3)c2)c1. The van der Waals surface area contributed by atoms with Crippen molar-refractivity contribution in [2.75, 3.05) is 31.5 Å². The van der Waals surface area contributed by atoms with Crippen molar-refractivity contribution in [3.05, 3.63) is 53.9 Å². The second kappa shape index (κ2) is 7.77. The lowest BCUT2D eigenvalue weighted by atomic mass is 10.1. The maximum atomic E-state index is 12.6. The van der Waals surface area contributed by atoms with E-state index in [1.165, 1.54) is 13.1 Å². The number of nitrogens with one attached hydrogen (secondary N) is 1. The summed E-state index contributed by atoms with van der Waals surface area (Å²) in [7, 11) is 0. The summed E-state index contributed by atoms with van der Waals surface area (Å²) in [5, 5.41) is 3.17. The van der Waals surface area contributed by atoms with Gasteiger partial charge in [-0.2, -0.15) is 0 Å². The van der Waals surface area contributed by atoms with E-state index in [-0.39, 0.29) is 11.7 Å². The molecule has 1 aliphatic heterocycles. The summed E-state index contributed by atoms with van der Waals surface area (Å²) >= 11 is 0. The second-order valence-electron chi connectivity index (χ2n) is 6.16. The molecule has 1 fully saturated rings. The number of Topliss-reactive ketones (excluding diaryl/α,β-unsaturated/α-hetero) is 1. The summed E-state index contributed by atoms with van der Waals surface area (Å²) in [5.41, 5.74) is 2.52. The lowest BCUT2D eigenvalue weighted by molar-refractivity contribution is -0.119. The molecule has 2 heterocycles. The highest BCUT2D eigenvalue weighted by Crippen LogP contribution is 2.19. The highest BCUT2D eigenvalue weighted by molar-refractivity contribution is 5.96. The Balaban J connectivity index is 1.72. The fraction of sp³-hybridized carbons (Fsp3) is 0.263. The number of amides is 2. The van der Waals surface area contributed by atoms with Gasteiger partial charge in [-0.15, -0.1) is 0 Å². The van der Waals surface area contributed by atoms with Crippen LogP contribution in [-0.2, 0) is 4.79 Å². The first-order valence-electron chi connectivity index (χ1n) is 8.38. The number of carbonyl (C=O) groups excluding carboxylic acids is 3. The highest BCUT2D eigenvalue weighted by atomic mass is 16.2. The molecular formula is C19H20N4O3. The van der Waals surface area contributed by atoms with Crippen LogP contribution in [0.1, 0.15) is 27.6 Å².